The van der Waals surface area contributed by atoms with Crippen LogP contribution in [0.2, 0.25) is 0 Å². The number of aliphatic hydroxyl groups is 1. The maximum atomic E-state index is 12.0. The van der Waals surface area contributed by atoms with Crippen molar-refractivity contribution < 1.29 is 14.6 Å². The second kappa shape index (κ2) is 6.72. The average molecular weight is 393 g/mol. The van der Waals surface area contributed by atoms with Crippen molar-refractivity contribution in [1.29, 1.82) is 0 Å². The lowest BCUT2D eigenvalue weighted by Crippen LogP contribution is -2.44. The minimum absolute atomic E-state index is 0.00699. The van der Waals surface area contributed by atoms with E-state index in [4.69, 9.17) is 4.74 Å². The quantitative estimate of drug-likeness (QED) is 0.859. The summed E-state index contributed by atoms with van der Waals surface area (Å²) in [5.74, 6) is 0.544. The lowest BCUT2D eigenvalue weighted by atomic mass is 10.1. The summed E-state index contributed by atoms with van der Waals surface area (Å²) in [6.07, 6.45) is 1.20. The Morgan fingerprint density at radius 1 is 1.47 bits per heavy atom. The van der Waals surface area contributed by atoms with Crippen molar-refractivity contribution in [1.82, 2.24) is 4.90 Å². The van der Waals surface area contributed by atoms with E-state index in [9.17, 15) is 9.90 Å². The van der Waals surface area contributed by atoms with Gasteiger partial charge in [0, 0.05) is 17.6 Å². The van der Waals surface area contributed by atoms with Crippen LogP contribution in [0.5, 0.6) is 5.75 Å². The number of ether oxygens (including phenoxy) is 1. The Balaban J connectivity index is 1.89. The molecule has 1 fully saturated rings. The number of likely N-dealkylation sites (tertiary alicyclic amines) is 1. The molecule has 0 aliphatic carbocycles. The fraction of sp³-hybridized carbons (Fsp3) is 0.462. The fourth-order valence-corrected chi connectivity index (χ4v) is 3.17. The van der Waals surface area contributed by atoms with Gasteiger partial charge in [0.15, 0.2) is 6.61 Å². The number of rotatable bonds is 3. The minimum atomic E-state index is -0.405. The summed E-state index contributed by atoms with van der Waals surface area (Å²) < 4.78 is 7.24. The smallest absolute Gasteiger partial charge is 0.260 e. The molecule has 0 radical (unpaired) electrons. The van der Waals surface area contributed by atoms with E-state index in [0.29, 0.717) is 18.8 Å². The maximum Gasteiger partial charge on any atom is 0.260 e. The zero-order valence-corrected chi connectivity index (χ0v) is 13.5. The van der Waals surface area contributed by atoms with Gasteiger partial charge in [-0.1, -0.05) is 15.9 Å². The van der Waals surface area contributed by atoms with Gasteiger partial charge in [-0.3, -0.25) is 4.79 Å². The highest BCUT2D eigenvalue weighted by Gasteiger charge is 2.22. The SMILES string of the molecule is O=C(COc1ccc(Br)cc1Br)N1CCCC(O)C1. The van der Waals surface area contributed by atoms with Crippen LogP contribution in [0.15, 0.2) is 27.1 Å². The van der Waals surface area contributed by atoms with E-state index in [2.05, 4.69) is 31.9 Å². The van der Waals surface area contributed by atoms with Crippen molar-refractivity contribution in [2.45, 2.75) is 18.9 Å². The number of hydrogen-bond donors (Lipinski definition) is 1. The van der Waals surface area contributed by atoms with Crippen LogP contribution in [0.4, 0.5) is 0 Å². The third-order valence-electron chi connectivity index (χ3n) is 2.99. The second-order valence-corrected chi connectivity index (χ2v) is 6.27. The van der Waals surface area contributed by atoms with Gasteiger partial charge in [-0.05, 0) is 47.0 Å². The average Bonchev–Trinajstić information content (AvgIpc) is 2.37. The summed E-state index contributed by atoms with van der Waals surface area (Å²) in [5.41, 5.74) is 0. The molecule has 1 saturated heterocycles. The molecule has 1 unspecified atom stereocenters. The molecule has 19 heavy (non-hydrogen) atoms. The van der Waals surface area contributed by atoms with Crippen molar-refractivity contribution in [3.05, 3.63) is 27.1 Å². The van der Waals surface area contributed by atoms with Gasteiger partial charge in [0.2, 0.25) is 0 Å². The van der Waals surface area contributed by atoms with Gasteiger partial charge in [0.25, 0.3) is 5.91 Å². The third-order valence-corrected chi connectivity index (χ3v) is 4.11. The van der Waals surface area contributed by atoms with Crippen LogP contribution in [-0.4, -0.2) is 41.7 Å². The van der Waals surface area contributed by atoms with E-state index >= 15 is 0 Å². The Morgan fingerprint density at radius 2 is 2.26 bits per heavy atom. The summed E-state index contributed by atoms with van der Waals surface area (Å²) in [6, 6.07) is 5.52. The van der Waals surface area contributed by atoms with Gasteiger partial charge in [-0.2, -0.15) is 0 Å². The first-order chi connectivity index (χ1) is 9.06. The predicted molar refractivity (Wildman–Crippen MR) is 79.2 cm³/mol. The van der Waals surface area contributed by atoms with E-state index in [1.807, 2.05) is 12.1 Å². The number of benzene rings is 1. The molecule has 1 aromatic carbocycles. The van der Waals surface area contributed by atoms with Gasteiger partial charge < -0.3 is 14.7 Å². The van der Waals surface area contributed by atoms with Crippen LogP contribution in [0, 0.1) is 0 Å². The number of nitrogens with zero attached hydrogens (tertiary/aromatic N) is 1. The molecule has 1 amide bonds. The highest BCUT2D eigenvalue weighted by Crippen LogP contribution is 2.28. The monoisotopic (exact) mass is 391 g/mol. The summed E-state index contributed by atoms with van der Waals surface area (Å²) in [5, 5.41) is 9.54. The van der Waals surface area contributed by atoms with Crippen LogP contribution in [0.3, 0.4) is 0 Å². The fourth-order valence-electron chi connectivity index (χ4n) is 2.00. The molecule has 1 aliphatic heterocycles. The zero-order chi connectivity index (χ0) is 13.8. The largest absolute Gasteiger partial charge is 0.483 e. The van der Waals surface area contributed by atoms with Gasteiger partial charge in [0.05, 0.1) is 10.6 Å². The van der Waals surface area contributed by atoms with Crippen LogP contribution in [-0.2, 0) is 4.79 Å². The van der Waals surface area contributed by atoms with Crippen LogP contribution in [0.1, 0.15) is 12.8 Å². The Labute approximate surface area is 129 Å². The molecule has 1 atom stereocenters. The number of aliphatic hydroxyl groups excluding tert-OH is 1. The minimum Gasteiger partial charge on any atom is -0.483 e. The van der Waals surface area contributed by atoms with Gasteiger partial charge in [-0.15, -0.1) is 0 Å². The van der Waals surface area contributed by atoms with Crippen LogP contribution < -0.4 is 4.74 Å². The summed E-state index contributed by atoms with van der Waals surface area (Å²) in [7, 11) is 0. The Morgan fingerprint density at radius 3 is 2.95 bits per heavy atom. The van der Waals surface area contributed by atoms with Gasteiger partial charge in [-0.25, -0.2) is 0 Å². The lowest BCUT2D eigenvalue weighted by Gasteiger charge is -2.30. The highest BCUT2D eigenvalue weighted by atomic mass is 79.9. The number of hydrogen-bond acceptors (Lipinski definition) is 3. The highest BCUT2D eigenvalue weighted by molar-refractivity contribution is 9.11. The van der Waals surface area contributed by atoms with Crippen LogP contribution in [0.25, 0.3) is 0 Å². The van der Waals surface area contributed by atoms with E-state index < -0.39 is 6.10 Å². The molecule has 0 bridgehead atoms. The van der Waals surface area contributed by atoms with Crippen molar-refractivity contribution >= 4 is 37.8 Å². The number of carbonyl (C=O) groups excluding carboxylic acids is 1. The molecule has 1 aromatic rings. The number of amides is 1. The Hall–Kier alpha value is -0.590. The summed E-state index contributed by atoms with van der Waals surface area (Å²) >= 11 is 6.74. The van der Waals surface area contributed by atoms with E-state index in [1.54, 1.807) is 11.0 Å². The summed E-state index contributed by atoms with van der Waals surface area (Å²) in [4.78, 5) is 13.6. The number of carbonyl (C=O) groups is 1. The van der Waals surface area contributed by atoms with Crippen LogP contribution >= 0.6 is 31.9 Å². The number of β-amino-alcohol motifs (C(OH)–C–C–N with tert-alkyl or cyclic N) is 1. The van der Waals surface area contributed by atoms with E-state index in [1.165, 1.54) is 0 Å². The molecule has 0 spiro atoms. The Kier molecular flexibility index (Phi) is 5.24. The van der Waals surface area contributed by atoms with Crippen molar-refractivity contribution in [3.8, 4) is 5.75 Å². The molecule has 104 valence electrons. The molecular formula is C13H15Br2NO3. The molecule has 0 aromatic heterocycles. The predicted octanol–water partition coefficient (Wildman–Crippen LogP) is 2.57. The van der Waals surface area contributed by atoms with E-state index in [0.717, 1.165) is 21.8 Å². The molecule has 4 nitrogen and oxygen atoms in total. The zero-order valence-electron chi connectivity index (χ0n) is 10.3. The molecule has 6 heteroatoms. The van der Waals surface area contributed by atoms with E-state index in [-0.39, 0.29) is 12.5 Å². The van der Waals surface area contributed by atoms with Crippen molar-refractivity contribution in [2.24, 2.45) is 0 Å². The summed E-state index contributed by atoms with van der Waals surface area (Å²) in [6.45, 7) is 1.09. The van der Waals surface area contributed by atoms with Crippen molar-refractivity contribution in [2.75, 3.05) is 19.7 Å². The molecular weight excluding hydrogens is 378 g/mol. The molecule has 2 rings (SSSR count). The standard InChI is InChI=1S/C13H15Br2NO3/c14-9-3-4-12(11(15)6-9)19-8-13(18)16-5-1-2-10(17)7-16/h3-4,6,10,17H,1-2,5,7-8H2. The lowest BCUT2D eigenvalue weighted by molar-refractivity contribution is -0.136. The molecule has 1 N–H and O–H groups in total. The molecule has 0 saturated carbocycles. The second-order valence-electron chi connectivity index (χ2n) is 4.50. The number of piperidine rings is 1. The topological polar surface area (TPSA) is 49.8 Å². The first kappa shape index (κ1) is 14.8. The first-order valence-electron chi connectivity index (χ1n) is 6.10. The first-order valence-corrected chi connectivity index (χ1v) is 7.68. The Bertz CT molecular complexity index is 467. The van der Waals surface area contributed by atoms with Gasteiger partial charge >= 0.3 is 0 Å². The molecule has 1 aliphatic rings. The molecule has 1 heterocycles. The maximum absolute atomic E-state index is 12.0. The normalized spacial score (nSPS) is 19.3. The van der Waals surface area contributed by atoms with Crippen molar-refractivity contribution in [3.63, 3.8) is 0 Å². The number of halogens is 2. The van der Waals surface area contributed by atoms with Gasteiger partial charge in [0.1, 0.15) is 5.75 Å². The third kappa shape index (κ3) is 4.19.